The summed E-state index contributed by atoms with van der Waals surface area (Å²) in [6, 6.07) is 19.9. The zero-order chi connectivity index (χ0) is 38.5. The number of imide groups is 2. The van der Waals surface area contributed by atoms with Gasteiger partial charge in [-0.15, -0.1) is 0 Å². The first-order chi connectivity index (χ1) is 27.2. The third-order valence-corrected chi connectivity index (χ3v) is 13.1. The highest BCUT2D eigenvalue weighted by Gasteiger charge is 2.45. The molecule has 6 aliphatic rings. The lowest BCUT2D eigenvalue weighted by Gasteiger charge is -2.41. The molecule has 5 saturated heterocycles. The smallest absolute Gasteiger partial charge is 0.262 e. The predicted molar refractivity (Wildman–Crippen MR) is 214 cm³/mol. The van der Waals surface area contributed by atoms with E-state index >= 15 is 0 Å². The van der Waals surface area contributed by atoms with Gasteiger partial charge in [0.05, 0.1) is 22.7 Å². The molecular weight excluding hydrogens is 730 g/mol. The molecule has 56 heavy (non-hydrogen) atoms. The van der Waals surface area contributed by atoms with E-state index < -0.39 is 23.8 Å². The van der Waals surface area contributed by atoms with E-state index in [4.69, 9.17) is 22.9 Å². The van der Waals surface area contributed by atoms with Gasteiger partial charge < -0.3 is 19.4 Å². The molecule has 3 aromatic carbocycles. The van der Waals surface area contributed by atoms with Crippen molar-refractivity contribution in [1.29, 1.82) is 0 Å². The summed E-state index contributed by atoms with van der Waals surface area (Å²) in [5, 5.41) is 2.70. The van der Waals surface area contributed by atoms with Gasteiger partial charge in [0, 0.05) is 94.2 Å². The zero-order valence-electron chi connectivity index (χ0n) is 31.4. The molecule has 6 heterocycles. The Hall–Kier alpha value is -5.12. The number of fused-ring (bicyclic) bond motifs is 3. The van der Waals surface area contributed by atoms with E-state index in [-0.39, 0.29) is 24.9 Å². The van der Waals surface area contributed by atoms with Gasteiger partial charge in [-0.2, -0.15) is 0 Å². The molecule has 0 spiro atoms. The molecule has 0 aromatic heterocycles. The normalized spacial score (nSPS) is 25.7. The Balaban J connectivity index is 0.734. The molecule has 12 nitrogen and oxygen atoms in total. The highest BCUT2D eigenvalue weighted by Crippen LogP contribution is 2.42. The number of ether oxygens (including phenoxy) is 1. The third-order valence-electron chi connectivity index (χ3n) is 12.8. The van der Waals surface area contributed by atoms with Gasteiger partial charge in [0.15, 0.2) is 0 Å². The van der Waals surface area contributed by atoms with Crippen LogP contribution in [0.2, 0.25) is 5.02 Å². The number of amides is 4. The van der Waals surface area contributed by atoms with Crippen LogP contribution >= 0.6 is 11.6 Å². The second-order valence-corrected chi connectivity index (χ2v) is 16.5. The van der Waals surface area contributed by atoms with Crippen LogP contribution in [-0.4, -0.2) is 103 Å². The molecule has 0 aliphatic carbocycles. The van der Waals surface area contributed by atoms with Crippen molar-refractivity contribution in [3.63, 3.8) is 0 Å². The number of anilines is 3. The fraction of sp³-hybridized carbons (Fsp3) is 0.465. The summed E-state index contributed by atoms with van der Waals surface area (Å²) in [5.74, 6) is -0.564. The summed E-state index contributed by atoms with van der Waals surface area (Å²) in [5.41, 5.74) is 4.60. The zero-order valence-corrected chi connectivity index (χ0v) is 32.1. The van der Waals surface area contributed by atoms with Gasteiger partial charge in [-0.05, 0) is 92.6 Å². The number of piperazine rings is 1. The van der Waals surface area contributed by atoms with Crippen molar-refractivity contribution in [2.24, 2.45) is 5.92 Å². The molecule has 2 bridgehead atoms. The van der Waals surface area contributed by atoms with E-state index in [0.29, 0.717) is 39.8 Å². The van der Waals surface area contributed by atoms with Gasteiger partial charge in [0.2, 0.25) is 17.5 Å². The Morgan fingerprint density at radius 3 is 2.07 bits per heavy atom. The topological polar surface area (TPSA) is 110 Å². The largest absolute Gasteiger partial charge is 0.490 e. The maximum atomic E-state index is 13.3. The van der Waals surface area contributed by atoms with Crippen LogP contribution in [0.4, 0.5) is 22.7 Å². The SMILES string of the molecule is [C-]#[N+]c1ccc(OC2CC3CCC(C2)N3c2ccc(N3CCN(CC4CCN(c5ccc6c(c5)C(=O)N(C5CCC(=O)NC5=O)C6=O)CC4)CC3)cc2)cc1Cl. The van der Waals surface area contributed by atoms with Gasteiger partial charge in [0.1, 0.15) is 17.9 Å². The molecule has 5 fully saturated rings. The molecule has 6 aliphatic heterocycles. The van der Waals surface area contributed by atoms with Crippen molar-refractivity contribution in [1.82, 2.24) is 15.1 Å². The van der Waals surface area contributed by atoms with E-state index in [0.717, 1.165) is 87.8 Å². The van der Waals surface area contributed by atoms with E-state index in [2.05, 4.69) is 54.0 Å². The summed E-state index contributed by atoms with van der Waals surface area (Å²) in [7, 11) is 0. The fourth-order valence-corrected chi connectivity index (χ4v) is 10.1. The molecule has 3 atom stereocenters. The van der Waals surface area contributed by atoms with Crippen molar-refractivity contribution in [2.45, 2.75) is 75.6 Å². The first-order valence-corrected chi connectivity index (χ1v) is 20.4. The first kappa shape index (κ1) is 36.5. The number of nitrogens with zero attached hydrogens (tertiary/aromatic N) is 6. The number of nitrogens with one attached hydrogen (secondary N) is 1. The lowest BCUT2D eigenvalue weighted by atomic mass is 9.95. The van der Waals surface area contributed by atoms with Crippen LogP contribution in [0.5, 0.6) is 5.75 Å². The van der Waals surface area contributed by atoms with E-state index in [1.54, 1.807) is 24.3 Å². The Labute approximate surface area is 332 Å². The number of hydrogen-bond acceptors (Lipinski definition) is 9. The van der Waals surface area contributed by atoms with Gasteiger partial charge in [-0.25, -0.2) is 4.85 Å². The quantitative estimate of drug-likeness (QED) is 0.221. The summed E-state index contributed by atoms with van der Waals surface area (Å²) in [4.78, 5) is 65.0. The number of carbonyl (C=O) groups excluding carboxylic acids is 4. The van der Waals surface area contributed by atoms with Crippen LogP contribution in [0.3, 0.4) is 0 Å². The maximum Gasteiger partial charge on any atom is 0.262 e. The van der Waals surface area contributed by atoms with Crippen molar-refractivity contribution in [2.75, 3.05) is 60.5 Å². The third kappa shape index (κ3) is 6.96. The van der Waals surface area contributed by atoms with Gasteiger partial charge >= 0.3 is 0 Å². The molecule has 1 N–H and O–H groups in total. The lowest BCUT2D eigenvalue weighted by molar-refractivity contribution is -0.136. The number of carbonyl (C=O) groups is 4. The Kier molecular flexibility index (Phi) is 9.84. The monoisotopic (exact) mass is 775 g/mol. The summed E-state index contributed by atoms with van der Waals surface area (Å²) in [6.45, 7) is 14.2. The van der Waals surface area contributed by atoms with Crippen molar-refractivity contribution < 1.29 is 23.9 Å². The lowest BCUT2D eigenvalue weighted by Crippen LogP contribution is -2.54. The standard InChI is InChI=1S/C43H46ClN7O5/c1-45-38-11-9-33(25-37(38)44)56-34-22-31-6-7-32(23-34)50(31)29-4-2-28(3-5-29)49-20-18-47(19-21-49)26-27-14-16-48(17-15-27)30-8-10-35-36(24-30)43(55)51(42(35)54)39-12-13-40(52)46-41(39)53/h2-5,8-11,24-25,27,31-32,34,39H,6-7,12-23,26H2,(H,46,52,53). The molecule has 13 heteroatoms. The summed E-state index contributed by atoms with van der Waals surface area (Å²) in [6.07, 6.45) is 6.83. The molecule has 3 unspecified atom stereocenters. The fourth-order valence-electron chi connectivity index (χ4n) is 9.91. The van der Waals surface area contributed by atoms with Gasteiger partial charge in [0.25, 0.3) is 11.8 Å². The van der Waals surface area contributed by atoms with Crippen LogP contribution in [0, 0.1) is 12.5 Å². The average Bonchev–Trinajstić information content (AvgIpc) is 3.62. The Bertz CT molecular complexity index is 2070. The number of halogens is 1. The summed E-state index contributed by atoms with van der Waals surface area (Å²) >= 11 is 6.26. The second-order valence-electron chi connectivity index (χ2n) is 16.1. The van der Waals surface area contributed by atoms with Crippen LogP contribution in [0.1, 0.15) is 72.1 Å². The predicted octanol–water partition coefficient (Wildman–Crippen LogP) is 5.91. The summed E-state index contributed by atoms with van der Waals surface area (Å²) < 4.78 is 6.36. The van der Waals surface area contributed by atoms with Crippen LogP contribution in [0.25, 0.3) is 4.85 Å². The molecule has 0 radical (unpaired) electrons. The molecule has 0 saturated carbocycles. The number of rotatable bonds is 8. The van der Waals surface area contributed by atoms with E-state index in [1.165, 1.54) is 24.2 Å². The Morgan fingerprint density at radius 2 is 1.39 bits per heavy atom. The van der Waals surface area contributed by atoms with Crippen molar-refractivity contribution in [3.05, 3.63) is 88.2 Å². The van der Waals surface area contributed by atoms with Crippen LogP contribution < -0.4 is 24.8 Å². The Morgan fingerprint density at radius 1 is 0.732 bits per heavy atom. The van der Waals surface area contributed by atoms with E-state index in [9.17, 15) is 19.2 Å². The van der Waals surface area contributed by atoms with Crippen LogP contribution in [-0.2, 0) is 9.59 Å². The number of piperidine rings is 3. The van der Waals surface area contributed by atoms with Gasteiger partial charge in [-0.1, -0.05) is 17.7 Å². The maximum absolute atomic E-state index is 13.3. The second kappa shape index (κ2) is 15.1. The number of hydrogen-bond donors (Lipinski definition) is 1. The van der Waals surface area contributed by atoms with Gasteiger partial charge in [-0.3, -0.25) is 34.3 Å². The highest BCUT2D eigenvalue weighted by molar-refractivity contribution is 6.33. The minimum absolute atomic E-state index is 0.105. The molecule has 4 amide bonds. The highest BCUT2D eigenvalue weighted by atomic mass is 35.5. The average molecular weight is 776 g/mol. The molecular formula is C43H46ClN7O5. The molecule has 3 aromatic rings. The van der Waals surface area contributed by atoms with Crippen molar-refractivity contribution >= 4 is 58.0 Å². The van der Waals surface area contributed by atoms with E-state index in [1.807, 2.05) is 12.1 Å². The molecule has 9 rings (SSSR count). The minimum Gasteiger partial charge on any atom is -0.490 e. The van der Waals surface area contributed by atoms with Crippen LogP contribution in [0.15, 0.2) is 60.7 Å². The van der Waals surface area contributed by atoms with Crippen molar-refractivity contribution in [3.8, 4) is 5.75 Å². The minimum atomic E-state index is -0.956. The number of benzene rings is 3. The molecule has 290 valence electrons. The first-order valence-electron chi connectivity index (χ1n) is 20.0.